The maximum Gasteiger partial charge on any atom is 0.431 e. The summed E-state index contributed by atoms with van der Waals surface area (Å²) >= 11 is 3.05. The highest BCUT2D eigenvalue weighted by molar-refractivity contribution is 7.13. The zero-order chi connectivity index (χ0) is 99.3. The van der Waals surface area contributed by atoms with Gasteiger partial charge in [-0.25, -0.2) is 4.98 Å². The number of hydrogen-bond donors (Lipinski definition) is 0. The second kappa shape index (κ2) is 42.1. The van der Waals surface area contributed by atoms with Crippen molar-refractivity contribution in [3.63, 3.8) is 0 Å². The Morgan fingerprint density at radius 3 is 0.956 bits per heavy atom. The van der Waals surface area contributed by atoms with Gasteiger partial charge in [-0.15, -0.1) is 28.6 Å². The summed E-state index contributed by atoms with van der Waals surface area (Å²) in [5, 5.41) is 53.6. The van der Waals surface area contributed by atoms with Gasteiger partial charge in [-0.05, 0) is 213 Å². The number of anilines is 1. The topological polar surface area (TPSA) is 284 Å². The van der Waals surface area contributed by atoms with Gasteiger partial charge in [0.1, 0.15) is 51.3 Å². The minimum Gasteiger partial charge on any atom is -0.573 e. The molecule has 0 amide bonds. The second-order valence-corrected chi connectivity index (χ2v) is 31.7. The normalized spacial score (nSPS) is 12.4. The highest BCUT2D eigenvalue weighted by Gasteiger charge is 2.38. The van der Waals surface area contributed by atoms with Gasteiger partial charge in [0.05, 0.1) is 56.1 Å². The molecule has 48 heteroatoms. The summed E-state index contributed by atoms with van der Waals surface area (Å²) in [5.74, 6) is 12.0. The van der Waals surface area contributed by atoms with Gasteiger partial charge in [0, 0.05) is 28.7 Å². The van der Waals surface area contributed by atoms with Crippen molar-refractivity contribution in [1.82, 2.24) is 102 Å². The van der Waals surface area contributed by atoms with E-state index in [-0.39, 0.29) is 91.1 Å². The fourth-order valence-electron chi connectivity index (χ4n) is 12.5. The van der Waals surface area contributed by atoms with Crippen LogP contribution in [0.4, 0.5) is 111 Å². The molecule has 15 aromatic heterocycles. The Bertz CT molecular complexity index is 6440. The minimum atomic E-state index is -4.72. The first kappa shape index (κ1) is 101. The van der Waals surface area contributed by atoms with Crippen molar-refractivity contribution >= 4 is 64.8 Å². The van der Waals surface area contributed by atoms with Gasteiger partial charge >= 0.3 is 49.4 Å². The van der Waals surface area contributed by atoms with Gasteiger partial charge < -0.3 is 90.9 Å². The molecule has 0 radical (unpaired) electrons. The van der Waals surface area contributed by atoms with E-state index in [1.807, 2.05) is 31.2 Å². The number of rotatable bonds is 24. The Balaban J connectivity index is 0.000000164. The molecule has 15 heterocycles. The molecule has 0 fully saturated rings. The first-order valence-corrected chi connectivity index (χ1v) is 41.7. The molecule has 15 rings (SSSR count). The number of pyridine rings is 4. The van der Waals surface area contributed by atoms with Crippen LogP contribution in [0.2, 0.25) is 0 Å². The van der Waals surface area contributed by atoms with Gasteiger partial charge in [0.15, 0.2) is 5.76 Å². The third kappa shape index (κ3) is 27.2. The van der Waals surface area contributed by atoms with Crippen LogP contribution in [0.15, 0.2) is 132 Å². The lowest BCUT2D eigenvalue weighted by molar-refractivity contribution is -0.142. The number of furan rings is 1. The number of unbranched alkanes of at least 4 members (excludes halogenated alkanes) is 5. The predicted molar refractivity (Wildman–Crippen MR) is 454 cm³/mol. The number of aryl methyl sites for hydroxylation is 2. The number of aromatic nitrogens is 20. The Morgan fingerprint density at radius 1 is 0.321 bits per heavy atom. The van der Waals surface area contributed by atoms with Crippen molar-refractivity contribution in [2.45, 2.75) is 135 Å². The number of nitrogens with zero attached hydrogens (tertiary/aromatic N) is 21. The quantitative estimate of drug-likeness (QED) is 0.0308. The van der Waals surface area contributed by atoms with Crippen molar-refractivity contribution in [3.8, 4) is 115 Å². The molecular formula is C89H63F24N21OS2-8. The van der Waals surface area contributed by atoms with Crippen molar-refractivity contribution in [1.29, 1.82) is 0 Å². The zero-order valence-electron chi connectivity index (χ0n) is 71.1. The van der Waals surface area contributed by atoms with E-state index in [1.54, 1.807) is 92.8 Å². The lowest BCUT2D eigenvalue weighted by Gasteiger charge is -2.24. The van der Waals surface area contributed by atoms with Crippen LogP contribution in [-0.2, 0) is 62.3 Å². The maximum absolute atomic E-state index is 13.1. The Kier molecular flexibility index (Phi) is 31.2. The van der Waals surface area contributed by atoms with Crippen LogP contribution in [0.3, 0.4) is 0 Å². The fraction of sp³-hybridized carbons (Fsp3) is 0.258. The van der Waals surface area contributed by atoms with E-state index < -0.39 is 95.0 Å². The molecule has 0 saturated carbocycles. The molecular weight excluding hydrogens is 1900 g/mol. The fourth-order valence-corrected chi connectivity index (χ4v) is 14.3. The van der Waals surface area contributed by atoms with Crippen LogP contribution in [0.1, 0.15) is 171 Å². The summed E-state index contributed by atoms with van der Waals surface area (Å²) in [6, 6.07) is 27.1. The Morgan fingerprint density at radius 2 is 0.628 bits per heavy atom. The smallest absolute Gasteiger partial charge is 0.431 e. The standard InChI is InChI=1S/C25H21F6N5S.C22H11F6N5O.C22H11F6N5S.C20H20F6N6/c1-2-3-4-5-6-16-9-10-17(37-16)8-7-15-11-18(20-13-22(35-33-20)24(26,27)28)32-19(12-15)21-14-23(36-34-21)25(29,30)31;2*1-2-3-13-6-7-14(34-13)5-4-12-8-15(17-10-19(32-30-17)21(23,24)25)29-16(9-12)18-11-20(33-31-18)22(26,27)28;1-4-5-6-7-11-8-12(13-9-15(30-28-13)19(21,22)23)27-17(18(11)32(2)3)14-10-16(31-29-14)20(24,25)26/h7-14H,2-6H2,1H3;2*4-11H,1H3;8-10H,4-7H2,1-3H3/q4*-2/b8-7+;2*5-4+;. The third-order valence-corrected chi connectivity index (χ3v) is 20.9. The molecule has 0 aliphatic carbocycles. The highest BCUT2D eigenvalue weighted by atomic mass is 32.1. The molecule has 0 aromatic carbocycles. The average Bonchev–Trinajstić information content (AvgIpc) is 1.70. The largest absolute Gasteiger partial charge is 0.573 e. The first-order valence-electron chi connectivity index (χ1n) is 40.1. The van der Waals surface area contributed by atoms with Crippen molar-refractivity contribution in [2.75, 3.05) is 19.0 Å². The van der Waals surface area contributed by atoms with E-state index >= 15 is 0 Å². The maximum atomic E-state index is 13.1. The minimum absolute atomic E-state index is 0.0134. The van der Waals surface area contributed by atoms with Crippen LogP contribution in [0.5, 0.6) is 0 Å². The molecule has 718 valence electrons. The Hall–Kier alpha value is -14.6. The molecule has 0 saturated heterocycles. The molecule has 15 aromatic rings. The number of thiophene rings is 2. The van der Waals surface area contributed by atoms with E-state index in [2.05, 4.69) is 138 Å². The first-order chi connectivity index (χ1) is 64.5. The molecule has 22 nitrogen and oxygen atoms in total. The molecule has 0 N–H and O–H groups in total. The van der Waals surface area contributed by atoms with Gasteiger partial charge in [-0.3, -0.25) is 15.0 Å². The molecule has 0 aliphatic rings. The van der Waals surface area contributed by atoms with Gasteiger partial charge in [-0.1, -0.05) is 122 Å². The van der Waals surface area contributed by atoms with E-state index in [9.17, 15) is 105 Å². The monoisotopic (exact) mass is 1960 g/mol. The van der Waals surface area contributed by atoms with Crippen LogP contribution >= 0.6 is 22.7 Å². The van der Waals surface area contributed by atoms with Crippen molar-refractivity contribution in [3.05, 3.63) is 226 Å². The van der Waals surface area contributed by atoms with E-state index in [1.165, 1.54) is 65.5 Å². The van der Waals surface area contributed by atoms with Gasteiger partial charge in [-0.2, -0.15) is 105 Å². The van der Waals surface area contributed by atoms with E-state index in [0.29, 0.717) is 70.1 Å². The molecule has 137 heavy (non-hydrogen) atoms. The molecule has 0 spiro atoms. The molecule has 0 aliphatic heterocycles. The average molecular weight is 1960 g/mol. The third-order valence-electron chi connectivity index (χ3n) is 18.9. The summed E-state index contributed by atoms with van der Waals surface area (Å²) in [5.41, 5.74) is -8.36. The van der Waals surface area contributed by atoms with Crippen molar-refractivity contribution < 1.29 is 110 Å². The summed E-state index contributed by atoms with van der Waals surface area (Å²) in [4.78, 5) is 22.4. The molecule has 0 bridgehead atoms. The number of hydrogen-bond acceptors (Lipinski definition) is 16. The van der Waals surface area contributed by atoms with Crippen molar-refractivity contribution in [2.24, 2.45) is 0 Å². The summed E-state index contributed by atoms with van der Waals surface area (Å²) in [7, 11) is 3.41. The lowest BCUT2D eigenvalue weighted by atomic mass is 10.0. The van der Waals surface area contributed by atoms with Gasteiger partial charge in [0.2, 0.25) is 0 Å². The summed E-state index contributed by atoms with van der Waals surface area (Å²) < 4.78 is 317. The Labute approximate surface area is 767 Å². The second-order valence-electron chi connectivity index (χ2n) is 29.4. The van der Waals surface area contributed by atoms with E-state index in [4.69, 9.17) is 4.42 Å². The van der Waals surface area contributed by atoms with Crippen LogP contribution < -0.4 is 45.7 Å². The van der Waals surface area contributed by atoms with Gasteiger partial charge in [0.25, 0.3) is 0 Å². The van der Waals surface area contributed by atoms with Crippen LogP contribution in [0, 0.1) is 23.7 Å². The van der Waals surface area contributed by atoms with Crippen LogP contribution in [-0.4, -0.2) is 74.8 Å². The molecule has 0 atom stereocenters. The predicted octanol–water partition coefficient (Wildman–Crippen LogP) is 23.5. The summed E-state index contributed by atoms with van der Waals surface area (Å²) in [6.07, 6.45) is -18.8. The number of halogens is 24. The SMILES string of the molecule is CC#Cc1ccc(/C=C/c2cc(-c3cc(C(F)(F)F)n[n-]3)nc(-c3cc(C(F)(F)F)n[n-]3)c2)o1.CC#Cc1ccc(/C=C/c2cc(-c3cc(C(F)(F)F)n[n-]3)nc(-c3cc(C(F)(F)F)n[n-]3)c2)s1.CCCCCCc1ccc(/C=C/c2cc(-c3cc(C(F)(F)F)n[n-]3)nc(-c3cc(C(F)(F)F)n[n-]3)c2)s1.CCCCCc1cc(-c2cc(C(F)(F)F)n[n-]2)nc(-c2cc(C(F)(F)F)n[n-]2)c1N(C)C. The molecule has 0 unspecified atom stereocenters. The number of alkyl halides is 24. The lowest BCUT2D eigenvalue weighted by Crippen LogP contribution is -2.15. The van der Waals surface area contributed by atoms with Crippen LogP contribution in [0.25, 0.3) is 128 Å². The highest BCUT2D eigenvalue weighted by Crippen LogP contribution is 2.42. The van der Waals surface area contributed by atoms with E-state index in [0.717, 1.165) is 77.4 Å². The summed E-state index contributed by atoms with van der Waals surface area (Å²) in [6.45, 7) is 7.53. The zero-order valence-corrected chi connectivity index (χ0v) is 72.8.